The molecule has 0 bridgehead atoms. The van der Waals surface area contributed by atoms with Gasteiger partial charge in [-0.3, -0.25) is 4.79 Å². The number of carbonyl (C=O) groups is 1. The van der Waals surface area contributed by atoms with Crippen LogP contribution >= 0.6 is 0 Å². The molecule has 0 atom stereocenters. The Bertz CT molecular complexity index is 1030. The van der Waals surface area contributed by atoms with Crippen LogP contribution in [0.1, 0.15) is 29.8 Å². The highest BCUT2D eigenvalue weighted by atomic mass is 19.4. The Morgan fingerprint density at radius 1 is 1.03 bits per heavy atom. The summed E-state index contributed by atoms with van der Waals surface area (Å²) in [6.45, 7) is 5.10. The van der Waals surface area contributed by atoms with Crippen LogP contribution in [0.3, 0.4) is 0 Å². The molecule has 0 aliphatic carbocycles. The summed E-state index contributed by atoms with van der Waals surface area (Å²) in [5.74, 6) is 0.732. The number of rotatable bonds is 3. The first-order valence-corrected chi connectivity index (χ1v) is 9.74. The quantitative estimate of drug-likeness (QED) is 0.617. The van der Waals surface area contributed by atoms with Crippen LogP contribution in [0.5, 0.6) is 11.5 Å². The molecule has 4 rings (SSSR count). The third kappa shape index (κ3) is 4.57. The number of ether oxygens (including phenoxy) is 1. The molecular weight excluding hydrogens is 393 g/mol. The van der Waals surface area contributed by atoms with Gasteiger partial charge in [-0.2, -0.15) is 13.2 Å². The van der Waals surface area contributed by atoms with Crippen molar-refractivity contribution in [2.24, 2.45) is 5.73 Å². The van der Waals surface area contributed by atoms with E-state index in [1.807, 2.05) is 19.9 Å². The largest absolute Gasteiger partial charge is 0.457 e. The highest BCUT2D eigenvalue weighted by molar-refractivity contribution is 6.00. The van der Waals surface area contributed by atoms with E-state index in [9.17, 15) is 18.0 Å². The lowest BCUT2D eigenvalue weighted by Crippen LogP contribution is -2.57. The smallest absolute Gasteiger partial charge is 0.416 e. The first-order chi connectivity index (χ1) is 14.3. The Hall–Kier alpha value is -3.06. The van der Waals surface area contributed by atoms with Gasteiger partial charge >= 0.3 is 6.18 Å². The number of alkyl halides is 3. The summed E-state index contributed by atoms with van der Waals surface area (Å²) in [7, 11) is 0. The molecule has 3 aromatic carbocycles. The fraction of sp³-hybridized carbons (Fsp3) is 0.261. The molecule has 1 aliphatic rings. The molecule has 0 unspecified atom stereocenters. The summed E-state index contributed by atoms with van der Waals surface area (Å²) in [6, 6.07) is 15.2. The van der Waals surface area contributed by atoms with E-state index in [-0.39, 0.29) is 11.9 Å². The van der Waals surface area contributed by atoms with E-state index in [0.717, 1.165) is 22.9 Å². The van der Waals surface area contributed by atoms with E-state index in [1.165, 1.54) is 12.1 Å². The first kappa shape index (κ1) is 21.6. The summed E-state index contributed by atoms with van der Waals surface area (Å²) in [4.78, 5) is 14.1. The standard InChI is InChI=1S/C21H17F3N2O2.C2H6/c22-21(23,24)15-5-7-17(8-6-15)28-19-3-1-2-13-10-14(4-9-18(13)19)20(27)26-11-16(25)12-26;1-2/h1-10,16H,11-12,25H2;1-2H3. The molecule has 1 heterocycles. The fourth-order valence-corrected chi connectivity index (χ4v) is 3.18. The lowest BCUT2D eigenvalue weighted by atomic mass is 10.0. The second-order valence-electron chi connectivity index (χ2n) is 6.79. The van der Waals surface area contributed by atoms with Crippen LogP contribution in [-0.2, 0) is 6.18 Å². The van der Waals surface area contributed by atoms with Gasteiger partial charge in [-0.15, -0.1) is 0 Å². The fourth-order valence-electron chi connectivity index (χ4n) is 3.18. The zero-order valence-corrected chi connectivity index (χ0v) is 16.7. The minimum atomic E-state index is -4.39. The van der Waals surface area contributed by atoms with Gasteiger partial charge in [-0.25, -0.2) is 0 Å². The van der Waals surface area contributed by atoms with Gasteiger partial charge in [0.25, 0.3) is 5.91 Å². The summed E-state index contributed by atoms with van der Waals surface area (Å²) in [5.41, 5.74) is 5.56. The zero-order valence-electron chi connectivity index (χ0n) is 16.7. The van der Waals surface area contributed by atoms with Crippen molar-refractivity contribution in [1.29, 1.82) is 0 Å². The highest BCUT2D eigenvalue weighted by Crippen LogP contribution is 2.34. The van der Waals surface area contributed by atoms with E-state index in [1.54, 1.807) is 35.2 Å². The molecule has 30 heavy (non-hydrogen) atoms. The van der Waals surface area contributed by atoms with Crippen LogP contribution in [0.15, 0.2) is 60.7 Å². The lowest BCUT2D eigenvalue weighted by molar-refractivity contribution is -0.137. The van der Waals surface area contributed by atoms with Crippen molar-refractivity contribution in [2.75, 3.05) is 13.1 Å². The van der Waals surface area contributed by atoms with Gasteiger partial charge in [0.15, 0.2) is 0 Å². The average Bonchev–Trinajstić information content (AvgIpc) is 2.72. The number of nitrogens with two attached hydrogens (primary N) is 1. The zero-order chi connectivity index (χ0) is 21.9. The van der Waals surface area contributed by atoms with Gasteiger partial charge < -0.3 is 15.4 Å². The van der Waals surface area contributed by atoms with Crippen LogP contribution in [0, 0.1) is 0 Å². The summed E-state index contributed by atoms with van der Waals surface area (Å²) < 4.78 is 43.8. The van der Waals surface area contributed by atoms with Crippen molar-refractivity contribution in [3.63, 3.8) is 0 Å². The van der Waals surface area contributed by atoms with Crippen LogP contribution in [0.4, 0.5) is 13.2 Å². The molecule has 2 N–H and O–H groups in total. The van der Waals surface area contributed by atoms with E-state index in [2.05, 4.69) is 0 Å². The second-order valence-corrected chi connectivity index (χ2v) is 6.79. The Kier molecular flexibility index (Phi) is 6.31. The predicted molar refractivity (Wildman–Crippen MR) is 111 cm³/mol. The van der Waals surface area contributed by atoms with Crippen LogP contribution in [-0.4, -0.2) is 29.9 Å². The maximum atomic E-state index is 12.7. The number of hydrogen-bond donors (Lipinski definition) is 1. The number of carbonyl (C=O) groups excluding carboxylic acids is 1. The molecule has 0 saturated carbocycles. The molecule has 1 aliphatic heterocycles. The maximum Gasteiger partial charge on any atom is 0.416 e. The molecule has 1 amide bonds. The molecule has 3 aromatic rings. The van der Waals surface area contributed by atoms with E-state index in [0.29, 0.717) is 30.2 Å². The van der Waals surface area contributed by atoms with Gasteiger partial charge in [-0.1, -0.05) is 26.0 Å². The molecule has 158 valence electrons. The number of nitrogens with zero attached hydrogens (tertiary/aromatic N) is 1. The minimum Gasteiger partial charge on any atom is -0.457 e. The number of amides is 1. The minimum absolute atomic E-state index is 0.0353. The van der Waals surface area contributed by atoms with Gasteiger partial charge in [0, 0.05) is 30.1 Å². The summed E-state index contributed by atoms with van der Waals surface area (Å²) in [5, 5.41) is 1.57. The normalized spacial score (nSPS) is 14.0. The van der Waals surface area contributed by atoms with Crippen LogP contribution < -0.4 is 10.5 Å². The number of halogens is 3. The molecule has 1 saturated heterocycles. The summed E-state index contributed by atoms with van der Waals surface area (Å²) >= 11 is 0. The van der Waals surface area contributed by atoms with Gasteiger partial charge in [0.05, 0.1) is 5.56 Å². The summed E-state index contributed by atoms with van der Waals surface area (Å²) in [6.07, 6.45) is -4.39. The Morgan fingerprint density at radius 2 is 1.70 bits per heavy atom. The van der Waals surface area contributed by atoms with Crippen molar-refractivity contribution in [2.45, 2.75) is 26.1 Å². The van der Waals surface area contributed by atoms with E-state index >= 15 is 0 Å². The number of hydrogen-bond acceptors (Lipinski definition) is 3. The Balaban J connectivity index is 0.00000124. The Morgan fingerprint density at radius 3 is 2.30 bits per heavy atom. The second kappa shape index (κ2) is 8.75. The first-order valence-electron chi connectivity index (χ1n) is 9.74. The van der Waals surface area contributed by atoms with Crippen molar-refractivity contribution in [3.8, 4) is 11.5 Å². The topological polar surface area (TPSA) is 55.6 Å². The van der Waals surface area contributed by atoms with Gasteiger partial charge in [0.1, 0.15) is 11.5 Å². The van der Waals surface area contributed by atoms with E-state index in [4.69, 9.17) is 10.5 Å². The maximum absolute atomic E-state index is 12.7. The van der Waals surface area contributed by atoms with Gasteiger partial charge in [0.2, 0.25) is 0 Å². The molecule has 1 fully saturated rings. The SMILES string of the molecule is CC.NC1CN(C(=O)c2ccc3c(Oc4ccc(C(F)(F)F)cc4)cccc3c2)C1. The lowest BCUT2D eigenvalue weighted by Gasteiger charge is -2.36. The monoisotopic (exact) mass is 416 g/mol. The molecule has 0 spiro atoms. The van der Waals surface area contributed by atoms with Crippen molar-refractivity contribution < 1.29 is 22.7 Å². The van der Waals surface area contributed by atoms with Crippen molar-refractivity contribution in [3.05, 3.63) is 71.8 Å². The third-order valence-corrected chi connectivity index (χ3v) is 4.69. The number of benzene rings is 3. The van der Waals surface area contributed by atoms with Crippen molar-refractivity contribution in [1.82, 2.24) is 4.90 Å². The molecule has 7 heteroatoms. The molecule has 0 radical (unpaired) electrons. The predicted octanol–water partition coefficient (Wildman–Crippen LogP) is 5.46. The Labute approximate surface area is 173 Å². The van der Waals surface area contributed by atoms with Gasteiger partial charge in [-0.05, 0) is 53.9 Å². The molecular formula is C23H23F3N2O2. The third-order valence-electron chi connectivity index (χ3n) is 4.69. The van der Waals surface area contributed by atoms with Crippen molar-refractivity contribution >= 4 is 16.7 Å². The van der Waals surface area contributed by atoms with E-state index < -0.39 is 11.7 Å². The average molecular weight is 416 g/mol. The highest BCUT2D eigenvalue weighted by Gasteiger charge is 2.30. The van der Waals surface area contributed by atoms with Crippen LogP contribution in [0.2, 0.25) is 0 Å². The number of likely N-dealkylation sites (tertiary alicyclic amines) is 1. The number of fused-ring (bicyclic) bond motifs is 1. The molecule has 4 nitrogen and oxygen atoms in total. The molecule has 0 aromatic heterocycles. The van der Waals surface area contributed by atoms with Crippen LogP contribution in [0.25, 0.3) is 10.8 Å².